The van der Waals surface area contributed by atoms with E-state index < -0.39 is 5.41 Å². The fraction of sp³-hybridized carbons (Fsp3) is 0.421. The predicted octanol–water partition coefficient (Wildman–Crippen LogP) is 4.42. The molecule has 1 fully saturated rings. The molecule has 3 nitrogen and oxygen atoms in total. The van der Waals surface area contributed by atoms with E-state index in [0.717, 1.165) is 42.8 Å². The zero-order valence-corrected chi connectivity index (χ0v) is 13.6. The van der Waals surface area contributed by atoms with Crippen LogP contribution in [0.2, 0.25) is 0 Å². The summed E-state index contributed by atoms with van der Waals surface area (Å²) in [4.78, 5) is 13.0. The lowest BCUT2D eigenvalue weighted by Gasteiger charge is -2.29. The first kappa shape index (κ1) is 15.8. The maximum atomic E-state index is 13.2. The van der Waals surface area contributed by atoms with Crippen molar-refractivity contribution in [3.05, 3.63) is 59.3 Å². The Morgan fingerprint density at radius 1 is 1.17 bits per heavy atom. The highest BCUT2D eigenvalue weighted by Gasteiger charge is 2.43. The van der Waals surface area contributed by atoms with E-state index in [1.54, 1.807) is 12.1 Å². The third kappa shape index (κ3) is 3.03. The van der Waals surface area contributed by atoms with Gasteiger partial charge in [0.1, 0.15) is 17.3 Å². The molecule has 1 unspecified atom stereocenters. The summed E-state index contributed by atoms with van der Waals surface area (Å²) < 4.78 is 18.8. The molecule has 122 valence electrons. The van der Waals surface area contributed by atoms with Crippen LogP contribution in [-0.2, 0) is 10.2 Å². The molecule has 1 aromatic carbocycles. The third-order valence-electron chi connectivity index (χ3n) is 4.82. The van der Waals surface area contributed by atoms with Crippen molar-refractivity contribution in [3.63, 3.8) is 0 Å². The molecule has 0 bridgehead atoms. The molecule has 3 rings (SSSR count). The highest BCUT2D eigenvalue weighted by molar-refractivity contribution is 5.88. The van der Waals surface area contributed by atoms with E-state index in [1.165, 1.54) is 12.1 Å². The maximum absolute atomic E-state index is 13.2. The highest BCUT2D eigenvalue weighted by Crippen LogP contribution is 2.41. The van der Waals surface area contributed by atoms with Crippen molar-refractivity contribution in [1.29, 1.82) is 0 Å². The first-order valence-corrected chi connectivity index (χ1v) is 8.15. The number of carbonyl (C=O) groups is 1. The van der Waals surface area contributed by atoms with E-state index in [9.17, 15) is 9.18 Å². The third-order valence-corrected chi connectivity index (χ3v) is 4.82. The second-order valence-electron chi connectivity index (χ2n) is 6.44. The summed E-state index contributed by atoms with van der Waals surface area (Å²) in [5.74, 6) is 1.31. The number of hydrogen-bond donors (Lipinski definition) is 1. The Bertz CT molecular complexity index is 684. The molecule has 0 radical (unpaired) electrons. The monoisotopic (exact) mass is 315 g/mol. The first-order valence-electron chi connectivity index (χ1n) is 8.15. The van der Waals surface area contributed by atoms with E-state index in [-0.39, 0.29) is 17.8 Å². The minimum absolute atomic E-state index is 0.00293. The zero-order chi connectivity index (χ0) is 16.4. The summed E-state index contributed by atoms with van der Waals surface area (Å²) in [5, 5.41) is 3.08. The Kier molecular flexibility index (Phi) is 4.24. The van der Waals surface area contributed by atoms with Crippen molar-refractivity contribution in [1.82, 2.24) is 5.32 Å². The summed E-state index contributed by atoms with van der Waals surface area (Å²) >= 11 is 0. The number of aryl methyl sites for hydroxylation is 1. The summed E-state index contributed by atoms with van der Waals surface area (Å²) in [6.45, 7) is 3.80. The van der Waals surface area contributed by atoms with Crippen LogP contribution in [0.25, 0.3) is 0 Å². The van der Waals surface area contributed by atoms with Crippen molar-refractivity contribution in [2.24, 2.45) is 0 Å². The molecular formula is C19H22FNO2. The van der Waals surface area contributed by atoms with Gasteiger partial charge in [-0.15, -0.1) is 0 Å². The molecule has 1 aromatic heterocycles. The Morgan fingerprint density at radius 2 is 1.83 bits per heavy atom. The molecule has 2 aromatic rings. The molecule has 1 heterocycles. The average Bonchev–Trinajstić information content (AvgIpc) is 3.17. The number of carbonyl (C=O) groups excluding carboxylic acids is 1. The van der Waals surface area contributed by atoms with Crippen LogP contribution >= 0.6 is 0 Å². The number of nitrogens with one attached hydrogen (secondary N) is 1. The molecule has 0 spiro atoms. The van der Waals surface area contributed by atoms with Gasteiger partial charge < -0.3 is 9.73 Å². The van der Waals surface area contributed by atoms with Crippen molar-refractivity contribution in [3.8, 4) is 0 Å². The normalized spacial score (nSPS) is 17.9. The summed E-state index contributed by atoms with van der Waals surface area (Å²) in [6, 6.07) is 9.94. The van der Waals surface area contributed by atoms with Crippen molar-refractivity contribution < 1.29 is 13.6 Å². The molecule has 1 aliphatic rings. The van der Waals surface area contributed by atoms with Crippen LogP contribution in [0.3, 0.4) is 0 Å². The molecule has 1 amide bonds. The molecule has 1 aliphatic carbocycles. The molecule has 1 N–H and O–H groups in total. The average molecular weight is 315 g/mol. The van der Waals surface area contributed by atoms with Gasteiger partial charge in [0.05, 0.1) is 11.5 Å². The number of rotatable bonds is 4. The summed E-state index contributed by atoms with van der Waals surface area (Å²) in [6.07, 6.45) is 3.63. The van der Waals surface area contributed by atoms with Gasteiger partial charge in [0.2, 0.25) is 5.91 Å². The Balaban J connectivity index is 1.83. The minimum Gasteiger partial charge on any atom is -0.464 e. The Hall–Kier alpha value is -2.10. The lowest BCUT2D eigenvalue weighted by molar-refractivity contribution is -0.127. The standard InChI is InChI=1S/C19H22FNO2/c1-13-5-10-17(23-13)14(2)21-18(22)19(11-3-4-12-19)15-6-8-16(20)9-7-15/h5-10,14H,3-4,11-12H2,1-2H3,(H,21,22). The number of halogens is 1. The molecule has 0 saturated heterocycles. The molecule has 0 aliphatic heterocycles. The van der Waals surface area contributed by atoms with Gasteiger partial charge in [-0.25, -0.2) is 4.39 Å². The van der Waals surface area contributed by atoms with E-state index in [4.69, 9.17) is 4.42 Å². The second kappa shape index (κ2) is 6.19. The first-order chi connectivity index (χ1) is 11.0. The van der Waals surface area contributed by atoms with Crippen molar-refractivity contribution >= 4 is 5.91 Å². The Labute approximate surface area is 135 Å². The largest absolute Gasteiger partial charge is 0.464 e. The van der Waals surface area contributed by atoms with E-state index >= 15 is 0 Å². The van der Waals surface area contributed by atoms with Crippen LogP contribution in [0.1, 0.15) is 55.7 Å². The van der Waals surface area contributed by atoms with Crippen LogP contribution in [0.15, 0.2) is 40.8 Å². The van der Waals surface area contributed by atoms with Gasteiger partial charge in [-0.3, -0.25) is 4.79 Å². The van der Waals surface area contributed by atoms with Gasteiger partial charge in [-0.05, 0) is 56.5 Å². The Morgan fingerprint density at radius 3 is 2.39 bits per heavy atom. The van der Waals surface area contributed by atoms with Gasteiger partial charge >= 0.3 is 0 Å². The quantitative estimate of drug-likeness (QED) is 0.907. The predicted molar refractivity (Wildman–Crippen MR) is 86.5 cm³/mol. The van der Waals surface area contributed by atoms with Crippen LogP contribution in [0.4, 0.5) is 4.39 Å². The zero-order valence-electron chi connectivity index (χ0n) is 13.6. The van der Waals surface area contributed by atoms with Crippen LogP contribution < -0.4 is 5.32 Å². The fourth-order valence-electron chi connectivity index (χ4n) is 3.49. The molecule has 4 heteroatoms. The highest BCUT2D eigenvalue weighted by atomic mass is 19.1. The number of hydrogen-bond acceptors (Lipinski definition) is 2. The van der Waals surface area contributed by atoms with Gasteiger partial charge in [0, 0.05) is 0 Å². The molecule has 23 heavy (non-hydrogen) atoms. The van der Waals surface area contributed by atoms with Crippen LogP contribution in [0.5, 0.6) is 0 Å². The molecule has 1 saturated carbocycles. The SMILES string of the molecule is Cc1ccc(C(C)NC(=O)C2(c3ccc(F)cc3)CCCC2)o1. The second-order valence-corrected chi connectivity index (χ2v) is 6.44. The summed E-state index contributed by atoms with van der Waals surface area (Å²) in [5.41, 5.74) is 0.348. The van der Waals surface area contributed by atoms with Crippen LogP contribution in [-0.4, -0.2) is 5.91 Å². The van der Waals surface area contributed by atoms with Crippen molar-refractivity contribution in [2.75, 3.05) is 0 Å². The fourth-order valence-corrected chi connectivity index (χ4v) is 3.49. The lowest BCUT2D eigenvalue weighted by Crippen LogP contribution is -2.43. The van der Waals surface area contributed by atoms with Gasteiger partial charge in [0.15, 0.2) is 0 Å². The molecule has 1 atom stereocenters. The number of furan rings is 1. The smallest absolute Gasteiger partial charge is 0.231 e. The number of amides is 1. The number of benzene rings is 1. The molecular weight excluding hydrogens is 293 g/mol. The van der Waals surface area contributed by atoms with Gasteiger partial charge in [-0.1, -0.05) is 25.0 Å². The van der Waals surface area contributed by atoms with Crippen LogP contribution in [0, 0.1) is 12.7 Å². The van der Waals surface area contributed by atoms with Gasteiger partial charge in [0.25, 0.3) is 0 Å². The topological polar surface area (TPSA) is 42.2 Å². The minimum atomic E-state index is -0.552. The van der Waals surface area contributed by atoms with E-state index in [2.05, 4.69) is 5.32 Å². The van der Waals surface area contributed by atoms with Crippen molar-refractivity contribution in [2.45, 2.75) is 51.0 Å². The maximum Gasteiger partial charge on any atom is 0.231 e. The lowest BCUT2D eigenvalue weighted by atomic mass is 9.78. The van der Waals surface area contributed by atoms with E-state index in [1.807, 2.05) is 26.0 Å². The van der Waals surface area contributed by atoms with Gasteiger partial charge in [-0.2, -0.15) is 0 Å². The summed E-state index contributed by atoms with van der Waals surface area (Å²) in [7, 11) is 0. The van der Waals surface area contributed by atoms with E-state index in [0.29, 0.717) is 0 Å².